The summed E-state index contributed by atoms with van der Waals surface area (Å²) in [5.41, 5.74) is 1.26. The molecule has 1 heterocycles. The molecule has 0 amide bonds. The highest BCUT2D eigenvalue weighted by Crippen LogP contribution is 2.19. The SMILES string of the molecule is c1ccc(CSc2n[nH]c(COc3ccccc3)n2)cc1. The van der Waals surface area contributed by atoms with Crippen LogP contribution in [0.4, 0.5) is 0 Å². The monoisotopic (exact) mass is 297 g/mol. The zero-order valence-corrected chi connectivity index (χ0v) is 12.2. The van der Waals surface area contributed by atoms with Crippen molar-refractivity contribution < 1.29 is 4.74 Å². The Balaban J connectivity index is 1.52. The molecule has 0 radical (unpaired) electrons. The molecule has 0 fully saturated rings. The number of benzene rings is 2. The van der Waals surface area contributed by atoms with Crippen LogP contribution in [0.15, 0.2) is 65.8 Å². The maximum absolute atomic E-state index is 5.63. The van der Waals surface area contributed by atoms with Crippen LogP contribution in [0.3, 0.4) is 0 Å². The van der Waals surface area contributed by atoms with Gasteiger partial charge in [0.2, 0.25) is 5.16 Å². The van der Waals surface area contributed by atoms with Crippen LogP contribution in [0.25, 0.3) is 0 Å². The zero-order chi connectivity index (χ0) is 14.3. The number of para-hydroxylation sites is 1. The first-order valence-corrected chi connectivity index (χ1v) is 7.64. The zero-order valence-electron chi connectivity index (χ0n) is 11.4. The molecule has 3 aromatic rings. The van der Waals surface area contributed by atoms with Gasteiger partial charge in [-0.1, -0.05) is 60.3 Å². The molecule has 3 rings (SSSR count). The first-order valence-electron chi connectivity index (χ1n) is 6.66. The van der Waals surface area contributed by atoms with Crippen molar-refractivity contribution in [3.63, 3.8) is 0 Å². The van der Waals surface area contributed by atoms with Crippen molar-refractivity contribution in [1.82, 2.24) is 15.2 Å². The van der Waals surface area contributed by atoms with Gasteiger partial charge in [-0.3, -0.25) is 5.10 Å². The molecule has 1 N–H and O–H groups in total. The fourth-order valence-electron chi connectivity index (χ4n) is 1.80. The van der Waals surface area contributed by atoms with E-state index >= 15 is 0 Å². The second-order valence-electron chi connectivity index (χ2n) is 4.44. The van der Waals surface area contributed by atoms with Crippen LogP contribution in [0, 0.1) is 0 Å². The van der Waals surface area contributed by atoms with Gasteiger partial charge in [-0.25, -0.2) is 4.98 Å². The van der Waals surface area contributed by atoms with Gasteiger partial charge in [-0.15, -0.1) is 5.10 Å². The average Bonchev–Trinajstić information content (AvgIpc) is 3.01. The summed E-state index contributed by atoms with van der Waals surface area (Å²) in [6.45, 7) is 0.392. The van der Waals surface area contributed by atoms with Crippen LogP contribution >= 0.6 is 11.8 Å². The summed E-state index contributed by atoms with van der Waals surface area (Å²) in [5, 5.41) is 7.84. The number of hydrogen-bond acceptors (Lipinski definition) is 4. The third-order valence-corrected chi connectivity index (χ3v) is 3.76. The highest BCUT2D eigenvalue weighted by atomic mass is 32.2. The first kappa shape index (κ1) is 13.7. The van der Waals surface area contributed by atoms with E-state index in [9.17, 15) is 0 Å². The van der Waals surface area contributed by atoms with E-state index in [4.69, 9.17) is 4.74 Å². The third-order valence-electron chi connectivity index (χ3n) is 2.84. The molecule has 106 valence electrons. The molecule has 0 saturated carbocycles. The normalized spacial score (nSPS) is 10.5. The lowest BCUT2D eigenvalue weighted by Gasteiger charge is -2.02. The molecule has 0 atom stereocenters. The predicted molar refractivity (Wildman–Crippen MR) is 83.2 cm³/mol. The molecule has 2 aromatic carbocycles. The van der Waals surface area contributed by atoms with Gasteiger partial charge in [0.25, 0.3) is 0 Å². The quantitative estimate of drug-likeness (QED) is 0.705. The first-order chi connectivity index (χ1) is 10.4. The van der Waals surface area contributed by atoms with E-state index < -0.39 is 0 Å². The van der Waals surface area contributed by atoms with Crippen LogP contribution in [-0.4, -0.2) is 15.2 Å². The number of hydrogen-bond donors (Lipinski definition) is 1. The minimum Gasteiger partial charge on any atom is -0.486 e. The van der Waals surface area contributed by atoms with Gasteiger partial charge in [-0.2, -0.15) is 0 Å². The summed E-state index contributed by atoms with van der Waals surface area (Å²) in [7, 11) is 0. The number of H-pyrrole nitrogens is 1. The second-order valence-corrected chi connectivity index (χ2v) is 5.38. The fourth-order valence-corrected chi connectivity index (χ4v) is 2.57. The average molecular weight is 297 g/mol. The summed E-state index contributed by atoms with van der Waals surface area (Å²) < 4.78 is 5.63. The summed E-state index contributed by atoms with van der Waals surface area (Å²) >= 11 is 1.61. The van der Waals surface area contributed by atoms with Crippen molar-refractivity contribution in [2.75, 3.05) is 0 Å². The third kappa shape index (κ3) is 4.10. The minimum absolute atomic E-state index is 0.392. The van der Waals surface area contributed by atoms with E-state index in [-0.39, 0.29) is 0 Å². The van der Waals surface area contributed by atoms with Crippen molar-refractivity contribution in [3.8, 4) is 5.75 Å². The van der Waals surface area contributed by atoms with E-state index in [0.29, 0.717) is 6.61 Å². The largest absolute Gasteiger partial charge is 0.486 e. The molecule has 0 aliphatic rings. The maximum Gasteiger partial charge on any atom is 0.208 e. The molecular weight excluding hydrogens is 282 g/mol. The molecule has 0 spiro atoms. The van der Waals surface area contributed by atoms with Crippen LogP contribution < -0.4 is 4.74 Å². The highest BCUT2D eigenvalue weighted by Gasteiger charge is 2.05. The van der Waals surface area contributed by atoms with E-state index in [2.05, 4.69) is 27.3 Å². The molecule has 5 heteroatoms. The van der Waals surface area contributed by atoms with Gasteiger partial charge >= 0.3 is 0 Å². The Morgan fingerprint density at radius 1 is 0.952 bits per heavy atom. The molecule has 21 heavy (non-hydrogen) atoms. The standard InChI is InChI=1S/C16H15N3OS/c1-3-7-13(8-4-1)12-21-16-17-15(18-19-16)11-20-14-9-5-2-6-10-14/h1-10H,11-12H2,(H,17,18,19). The summed E-state index contributed by atoms with van der Waals surface area (Å²) in [5.74, 6) is 2.42. The number of ether oxygens (including phenoxy) is 1. The van der Waals surface area contributed by atoms with Crippen LogP contribution in [-0.2, 0) is 12.4 Å². The number of nitrogens with one attached hydrogen (secondary N) is 1. The smallest absolute Gasteiger partial charge is 0.208 e. The van der Waals surface area contributed by atoms with Crippen molar-refractivity contribution >= 4 is 11.8 Å². The van der Waals surface area contributed by atoms with E-state index in [1.807, 2.05) is 48.5 Å². The van der Waals surface area contributed by atoms with E-state index in [1.165, 1.54) is 5.56 Å². The van der Waals surface area contributed by atoms with Crippen molar-refractivity contribution in [2.45, 2.75) is 17.5 Å². The van der Waals surface area contributed by atoms with Crippen molar-refractivity contribution in [1.29, 1.82) is 0 Å². The lowest BCUT2D eigenvalue weighted by molar-refractivity contribution is 0.296. The second kappa shape index (κ2) is 6.95. The number of thioether (sulfide) groups is 1. The summed E-state index contributed by atoms with van der Waals surface area (Å²) in [4.78, 5) is 4.41. The van der Waals surface area contributed by atoms with Crippen molar-refractivity contribution in [2.24, 2.45) is 0 Å². The summed E-state index contributed by atoms with van der Waals surface area (Å²) in [6, 6.07) is 20.0. The van der Waals surface area contributed by atoms with Gasteiger partial charge in [0.05, 0.1) is 0 Å². The molecule has 0 saturated heterocycles. The Morgan fingerprint density at radius 3 is 2.43 bits per heavy atom. The minimum atomic E-state index is 0.392. The van der Waals surface area contributed by atoms with Crippen LogP contribution in [0.2, 0.25) is 0 Å². The molecule has 0 unspecified atom stereocenters. The number of aromatic nitrogens is 3. The Kier molecular flexibility index (Phi) is 4.53. The van der Waals surface area contributed by atoms with Gasteiger partial charge in [-0.05, 0) is 17.7 Å². The molecule has 0 aliphatic heterocycles. The lowest BCUT2D eigenvalue weighted by Crippen LogP contribution is -1.97. The Hall–Kier alpha value is -2.27. The van der Waals surface area contributed by atoms with Gasteiger partial charge < -0.3 is 4.74 Å². The predicted octanol–water partition coefficient (Wildman–Crippen LogP) is 3.68. The molecular formula is C16H15N3OS. The number of aromatic amines is 1. The molecule has 1 aromatic heterocycles. The van der Waals surface area contributed by atoms with Gasteiger partial charge in [0.1, 0.15) is 12.4 Å². The van der Waals surface area contributed by atoms with Crippen LogP contribution in [0.5, 0.6) is 5.75 Å². The number of rotatable bonds is 6. The lowest BCUT2D eigenvalue weighted by atomic mass is 10.2. The van der Waals surface area contributed by atoms with E-state index in [0.717, 1.165) is 22.5 Å². The molecule has 0 aliphatic carbocycles. The Morgan fingerprint density at radius 2 is 1.67 bits per heavy atom. The highest BCUT2D eigenvalue weighted by molar-refractivity contribution is 7.98. The summed E-state index contributed by atoms with van der Waals surface area (Å²) in [6.07, 6.45) is 0. The fraction of sp³-hybridized carbons (Fsp3) is 0.125. The maximum atomic E-state index is 5.63. The van der Waals surface area contributed by atoms with Crippen LogP contribution in [0.1, 0.15) is 11.4 Å². The Labute approximate surface area is 127 Å². The topological polar surface area (TPSA) is 50.8 Å². The number of nitrogens with zero attached hydrogens (tertiary/aromatic N) is 2. The van der Waals surface area contributed by atoms with Gasteiger partial charge in [0.15, 0.2) is 5.82 Å². The molecule has 0 bridgehead atoms. The van der Waals surface area contributed by atoms with Gasteiger partial charge in [0, 0.05) is 5.75 Å². The molecule has 4 nitrogen and oxygen atoms in total. The Bertz CT molecular complexity index is 612. The van der Waals surface area contributed by atoms with Crippen molar-refractivity contribution in [3.05, 3.63) is 72.1 Å². The van der Waals surface area contributed by atoms with E-state index in [1.54, 1.807) is 11.8 Å².